The van der Waals surface area contributed by atoms with E-state index in [0.29, 0.717) is 21.9 Å². The molecular formula is C18H18ClN3O4. The Hall–Kier alpha value is -3.06. The molecule has 0 heterocycles. The van der Waals surface area contributed by atoms with Crippen LogP contribution in [0, 0.1) is 0 Å². The maximum absolute atomic E-state index is 12.3. The normalized spacial score (nSPS) is 10.1. The predicted octanol–water partition coefficient (Wildman–Crippen LogP) is 1.49. The standard InChI is InChI=1S/C18H18ClN3O4/c1-26-15-7-6-13(19)8-14(15)18(25)21-9-11-2-4-12(5-3-11)17(24)22-10-16(20)23/h2-8H,9-10H2,1H3,(H2,20,23)(H,21,25)(H,22,24). The minimum absolute atomic E-state index is 0.224. The molecular weight excluding hydrogens is 358 g/mol. The molecule has 0 radical (unpaired) electrons. The molecule has 0 aliphatic rings. The molecule has 0 saturated heterocycles. The molecule has 4 N–H and O–H groups in total. The van der Waals surface area contributed by atoms with Crippen molar-refractivity contribution in [2.45, 2.75) is 6.54 Å². The van der Waals surface area contributed by atoms with Crippen LogP contribution in [-0.4, -0.2) is 31.4 Å². The summed E-state index contributed by atoms with van der Waals surface area (Å²) < 4.78 is 5.16. The summed E-state index contributed by atoms with van der Waals surface area (Å²) in [6, 6.07) is 11.4. The summed E-state index contributed by atoms with van der Waals surface area (Å²) in [6.07, 6.45) is 0. The molecule has 0 aliphatic carbocycles. The van der Waals surface area contributed by atoms with E-state index < -0.39 is 11.8 Å². The second-order valence-electron chi connectivity index (χ2n) is 5.37. The van der Waals surface area contributed by atoms with E-state index in [-0.39, 0.29) is 19.0 Å². The topological polar surface area (TPSA) is 111 Å². The van der Waals surface area contributed by atoms with Gasteiger partial charge in [0.05, 0.1) is 19.2 Å². The molecule has 0 atom stereocenters. The molecule has 7 nitrogen and oxygen atoms in total. The number of carbonyl (C=O) groups is 3. The van der Waals surface area contributed by atoms with Crippen molar-refractivity contribution in [1.82, 2.24) is 10.6 Å². The van der Waals surface area contributed by atoms with Crippen LogP contribution in [0.5, 0.6) is 5.75 Å². The van der Waals surface area contributed by atoms with Crippen LogP contribution in [0.2, 0.25) is 5.02 Å². The summed E-state index contributed by atoms with van der Waals surface area (Å²) in [6.45, 7) is 0.0375. The number of methoxy groups -OCH3 is 1. The Labute approximate surface area is 155 Å². The number of halogens is 1. The zero-order chi connectivity index (χ0) is 19.1. The fourth-order valence-corrected chi connectivity index (χ4v) is 2.35. The summed E-state index contributed by atoms with van der Waals surface area (Å²) in [7, 11) is 1.47. The van der Waals surface area contributed by atoms with E-state index in [1.54, 1.807) is 36.4 Å². The predicted molar refractivity (Wildman–Crippen MR) is 97.1 cm³/mol. The first-order valence-corrected chi connectivity index (χ1v) is 8.05. The average molecular weight is 376 g/mol. The van der Waals surface area contributed by atoms with E-state index in [2.05, 4.69) is 10.6 Å². The van der Waals surface area contributed by atoms with Crippen LogP contribution in [0.25, 0.3) is 0 Å². The van der Waals surface area contributed by atoms with Crippen LogP contribution in [-0.2, 0) is 11.3 Å². The Balaban J connectivity index is 1.97. The number of hydrogen-bond donors (Lipinski definition) is 3. The quantitative estimate of drug-likeness (QED) is 0.680. The van der Waals surface area contributed by atoms with Gasteiger partial charge in [-0.05, 0) is 35.9 Å². The van der Waals surface area contributed by atoms with Crippen molar-refractivity contribution in [1.29, 1.82) is 0 Å². The Morgan fingerprint density at radius 2 is 1.73 bits per heavy atom. The van der Waals surface area contributed by atoms with Crippen molar-refractivity contribution in [2.24, 2.45) is 5.73 Å². The lowest BCUT2D eigenvalue weighted by Gasteiger charge is -2.10. The average Bonchev–Trinajstić information content (AvgIpc) is 2.64. The monoisotopic (exact) mass is 375 g/mol. The van der Waals surface area contributed by atoms with Crippen LogP contribution in [0.3, 0.4) is 0 Å². The van der Waals surface area contributed by atoms with Crippen LogP contribution in [0.4, 0.5) is 0 Å². The van der Waals surface area contributed by atoms with Gasteiger partial charge in [0.25, 0.3) is 11.8 Å². The van der Waals surface area contributed by atoms with Gasteiger partial charge in [0.2, 0.25) is 5.91 Å². The number of ether oxygens (including phenoxy) is 1. The van der Waals surface area contributed by atoms with Gasteiger partial charge in [-0.3, -0.25) is 14.4 Å². The molecule has 136 valence electrons. The highest BCUT2D eigenvalue weighted by Gasteiger charge is 2.13. The van der Waals surface area contributed by atoms with E-state index in [4.69, 9.17) is 22.1 Å². The number of hydrogen-bond acceptors (Lipinski definition) is 4. The summed E-state index contributed by atoms with van der Waals surface area (Å²) in [5.74, 6) is -0.918. The highest BCUT2D eigenvalue weighted by Crippen LogP contribution is 2.22. The molecule has 8 heteroatoms. The number of rotatable bonds is 7. The first kappa shape index (κ1) is 19.3. The van der Waals surface area contributed by atoms with Crippen molar-refractivity contribution < 1.29 is 19.1 Å². The van der Waals surface area contributed by atoms with Crippen molar-refractivity contribution in [3.05, 3.63) is 64.2 Å². The lowest BCUT2D eigenvalue weighted by molar-refractivity contribution is -0.117. The maximum atomic E-state index is 12.3. The zero-order valence-electron chi connectivity index (χ0n) is 14.0. The van der Waals surface area contributed by atoms with Crippen LogP contribution < -0.4 is 21.1 Å². The van der Waals surface area contributed by atoms with Gasteiger partial charge in [-0.1, -0.05) is 23.7 Å². The van der Waals surface area contributed by atoms with E-state index in [0.717, 1.165) is 5.56 Å². The first-order chi connectivity index (χ1) is 12.4. The van der Waals surface area contributed by atoms with Crippen LogP contribution >= 0.6 is 11.6 Å². The second kappa shape index (κ2) is 8.87. The molecule has 0 saturated carbocycles. The van der Waals surface area contributed by atoms with Gasteiger partial charge in [-0.2, -0.15) is 0 Å². The first-order valence-electron chi connectivity index (χ1n) is 7.68. The molecule has 2 rings (SSSR count). The van der Waals surface area contributed by atoms with Gasteiger partial charge in [-0.15, -0.1) is 0 Å². The van der Waals surface area contributed by atoms with Gasteiger partial charge in [0.15, 0.2) is 0 Å². The highest BCUT2D eigenvalue weighted by atomic mass is 35.5. The Bertz CT molecular complexity index is 822. The van der Waals surface area contributed by atoms with Crippen molar-refractivity contribution in [3.8, 4) is 5.75 Å². The summed E-state index contributed by atoms with van der Waals surface area (Å²) in [5, 5.41) is 5.60. The molecule has 0 fully saturated rings. The zero-order valence-corrected chi connectivity index (χ0v) is 14.8. The molecule has 0 unspecified atom stereocenters. The maximum Gasteiger partial charge on any atom is 0.255 e. The van der Waals surface area contributed by atoms with E-state index in [9.17, 15) is 14.4 Å². The summed E-state index contributed by atoms with van der Waals surface area (Å²) in [5.41, 5.74) is 6.50. The minimum atomic E-state index is -0.617. The van der Waals surface area contributed by atoms with Crippen molar-refractivity contribution in [2.75, 3.05) is 13.7 Å². The van der Waals surface area contributed by atoms with Crippen molar-refractivity contribution >= 4 is 29.3 Å². The number of carbonyl (C=O) groups excluding carboxylic acids is 3. The smallest absolute Gasteiger partial charge is 0.255 e. The Morgan fingerprint density at radius 1 is 1.04 bits per heavy atom. The number of amides is 3. The molecule has 2 aromatic rings. The molecule has 26 heavy (non-hydrogen) atoms. The number of benzene rings is 2. The van der Waals surface area contributed by atoms with Crippen LogP contribution in [0.1, 0.15) is 26.3 Å². The highest BCUT2D eigenvalue weighted by molar-refractivity contribution is 6.31. The van der Waals surface area contributed by atoms with E-state index in [1.165, 1.54) is 13.2 Å². The third-order valence-corrected chi connectivity index (χ3v) is 3.73. The minimum Gasteiger partial charge on any atom is -0.496 e. The lowest BCUT2D eigenvalue weighted by atomic mass is 10.1. The largest absolute Gasteiger partial charge is 0.496 e. The van der Waals surface area contributed by atoms with Crippen molar-refractivity contribution in [3.63, 3.8) is 0 Å². The third kappa shape index (κ3) is 5.22. The second-order valence-corrected chi connectivity index (χ2v) is 5.81. The summed E-state index contributed by atoms with van der Waals surface area (Å²) >= 11 is 5.92. The Kier molecular flexibility index (Phi) is 6.57. The fourth-order valence-electron chi connectivity index (χ4n) is 2.18. The van der Waals surface area contributed by atoms with Crippen LogP contribution in [0.15, 0.2) is 42.5 Å². The fraction of sp³-hybridized carbons (Fsp3) is 0.167. The summed E-state index contributed by atoms with van der Waals surface area (Å²) in [4.78, 5) is 34.8. The number of primary amides is 1. The third-order valence-electron chi connectivity index (χ3n) is 3.50. The molecule has 0 aromatic heterocycles. The van der Waals surface area contributed by atoms with E-state index >= 15 is 0 Å². The lowest BCUT2D eigenvalue weighted by Crippen LogP contribution is -2.33. The van der Waals surface area contributed by atoms with Gasteiger partial charge >= 0.3 is 0 Å². The molecule has 0 spiro atoms. The van der Waals surface area contributed by atoms with Gasteiger partial charge in [-0.25, -0.2) is 0 Å². The Morgan fingerprint density at radius 3 is 2.35 bits per heavy atom. The molecule has 0 bridgehead atoms. The van der Waals surface area contributed by atoms with Gasteiger partial charge in [0, 0.05) is 17.1 Å². The SMILES string of the molecule is COc1ccc(Cl)cc1C(=O)NCc1ccc(C(=O)NCC(N)=O)cc1. The molecule has 0 aliphatic heterocycles. The number of nitrogens with two attached hydrogens (primary N) is 1. The van der Waals surface area contributed by atoms with Gasteiger partial charge in [0.1, 0.15) is 5.75 Å². The molecule has 2 aromatic carbocycles. The number of nitrogens with one attached hydrogen (secondary N) is 2. The molecule has 3 amide bonds. The van der Waals surface area contributed by atoms with Gasteiger partial charge < -0.3 is 21.1 Å². The van der Waals surface area contributed by atoms with E-state index in [1.807, 2.05) is 0 Å².